The first-order valence-corrected chi connectivity index (χ1v) is 11.7. The molecular weight excluding hydrogens is 384 g/mol. The molecule has 1 unspecified atom stereocenters. The molecule has 0 bridgehead atoms. The maximum atomic E-state index is 13.3. The van der Waals surface area contributed by atoms with E-state index in [0.717, 1.165) is 0 Å². The zero-order chi connectivity index (χ0) is 21.2. The lowest BCUT2D eigenvalue weighted by atomic mass is 9.90. The van der Waals surface area contributed by atoms with Crippen LogP contribution in [0, 0.1) is 0 Å². The van der Waals surface area contributed by atoms with Crippen LogP contribution >= 0.6 is 0 Å². The zero-order valence-corrected chi connectivity index (χ0v) is 18.8. The molecule has 0 N–H and O–H groups in total. The second kappa shape index (κ2) is 8.86. The highest BCUT2D eigenvalue weighted by atomic mass is 32.2. The molecule has 1 atom stereocenters. The van der Waals surface area contributed by atoms with Crippen LogP contribution in [0.25, 0.3) is 0 Å². The number of sulfonamides is 1. The minimum atomic E-state index is -3.56. The lowest BCUT2D eigenvalue weighted by Gasteiger charge is -2.44. The van der Waals surface area contributed by atoms with Gasteiger partial charge in [-0.2, -0.15) is 4.31 Å². The van der Waals surface area contributed by atoms with Gasteiger partial charge in [0.15, 0.2) is 0 Å². The van der Waals surface area contributed by atoms with Crippen LogP contribution in [0.5, 0.6) is 5.75 Å². The molecule has 0 radical (unpaired) electrons. The lowest BCUT2D eigenvalue weighted by Crippen LogP contribution is -2.52. The van der Waals surface area contributed by atoms with Gasteiger partial charge in [-0.05, 0) is 55.2 Å². The normalized spacial score (nSPS) is 19.1. The third-order valence-electron chi connectivity index (χ3n) is 5.72. The number of hydrogen-bond donors (Lipinski definition) is 0. The number of hydrogen-bond acceptors (Lipinski definition) is 4. The standard InChI is InChI=1S/C23H32N2O3S/c1-17(2)21-8-6-7-9-22(21)23-16-24(14-15-25(23)18(3)4)29(26,27)20-12-10-19(28-5)11-13-20/h6-13,17-18,23H,14-16H2,1-5H3. The van der Waals surface area contributed by atoms with Crippen LogP contribution in [0.2, 0.25) is 0 Å². The largest absolute Gasteiger partial charge is 0.497 e. The van der Waals surface area contributed by atoms with Crippen molar-refractivity contribution < 1.29 is 13.2 Å². The van der Waals surface area contributed by atoms with Crippen LogP contribution in [0.3, 0.4) is 0 Å². The molecular formula is C23H32N2O3S. The molecule has 2 aromatic carbocycles. The summed E-state index contributed by atoms with van der Waals surface area (Å²) >= 11 is 0. The highest BCUT2D eigenvalue weighted by molar-refractivity contribution is 7.89. The predicted octanol–water partition coefficient (Wildman–Crippen LogP) is 4.27. The van der Waals surface area contributed by atoms with E-state index < -0.39 is 10.0 Å². The quantitative estimate of drug-likeness (QED) is 0.705. The van der Waals surface area contributed by atoms with Crippen molar-refractivity contribution >= 4 is 10.0 Å². The van der Waals surface area contributed by atoms with E-state index in [2.05, 4.69) is 56.9 Å². The first-order chi connectivity index (χ1) is 13.8. The molecule has 1 saturated heterocycles. The summed E-state index contributed by atoms with van der Waals surface area (Å²) in [6.45, 7) is 10.4. The number of rotatable bonds is 6. The van der Waals surface area contributed by atoms with Gasteiger partial charge in [-0.25, -0.2) is 8.42 Å². The van der Waals surface area contributed by atoms with Crippen molar-refractivity contribution in [2.75, 3.05) is 26.7 Å². The van der Waals surface area contributed by atoms with Gasteiger partial charge < -0.3 is 4.74 Å². The molecule has 1 heterocycles. The molecule has 1 aliphatic rings. The molecule has 2 aromatic rings. The topological polar surface area (TPSA) is 49.9 Å². The maximum absolute atomic E-state index is 13.3. The Morgan fingerprint density at radius 1 is 0.966 bits per heavy atom. The van der Waals surface area contributed by atoms with Crippen LogP contribution in [-0.4, -0.2) is 50.4 Å². The van der Waals surface area contributed by atoms with E-state index in [1.54, 1.807) is 35.7 Å². The summed E-state index contributed by atoms with van der Waals surface area (Å²) < 4.78 is 33.4. The first-order valence-electron chi connectivity index (χ1n) is 10.2. The number of piperazine rings is 1. The van der Waals surface area contributed by atoms with Gasteiger partial charge in [-0.15, -0.1) is 0 Å². The van der Waals surface area contributed by atoms with Gasteiger partial charge in [-0.3, -0.25) is 4.90 Å². The average molecular weight is 417 g/mol. The molecule has 3 rings (SSSR count). The van der Waals surface area contributed by atoms with E-state index in [9.17, 15) is 8.42 Å². The van der Waals surface area contributed by atoms with Gasteiger partial charge in [0.1, 0.15) is 5.75 Å². The number of methoxy groups -OCH3 is 1. The van der Waals surface area contributed by atoms with E-state index in [-0.39, 0.29) is 6.04 Å². The fourth-order valence-corrected chi connectivity index (χ4v) is 5.56. The second-order valence-corrected chi connectivity index (χ2v) is 10.1. The average Bonchev–Trinajstić information content (AvgIpc) is 2.73. The number of nitrogens with zero attached hydrogens (tertiary/aromatic N) is 2. The van der Waals surface area contributed by atoms with E-state index >= 15 is 0 Å². The van der Waals surface area contributed by atoms with Crippen molar-refractivity contribution in [2.24, 2.45) is 0 Å². The molecule has 5 nitrogen and oxygen atoms in total. The van der Waals surface area contributed by atoms with Crippen LogP contribution in [0.4, 0.5) is 0 Å². The molecule has 0 aliphatic carbocycles. The summed E-state index contributed by atoms with van der Waals surface area (Å²) in [5, 5.41) is 0. The van der Waals surface area contributed by atoms with Crippen LogP contribution < -0.4 is 4.74 Å². The Bertz CT molecular complexity index is 923. The third kappa shape index (κ3) is 4.49. The monoisotopic (exact) mass is 416 g/mol. The van der Waals surface area contributed by atoms with Crippen molar-refractivity contribution in [3.8, 4) is 5.75 Å². The van der Waals surface area contributed by atoms with Crippen LogP contribution in [0.1, 0.15) is 50.8 Å². The summed E-state index contributed by atoms with van der Waals surface area (Å²) in [4.78, 5) is 2.73. The summed E-state index contributed by atoms with van der Waals surface area (Å²) in [7, 11) is -1.98. The number of ether oxygens (including phenoxy) is 1. The molecule has 29 heavy (non-hydrogen) atoms. The van der Waals surface area contributed by atoms with Gasteiger partial charge >= 0.3 is 0 Å². The minimum absolute atomic E-state index is 0.0374. The molecule has 0 amide bonds. The van der Waals surface area contributed by atoms with E-state index in [1.807, 2.05) is 0 Å². The predicted molar refractivity (Wildman–Crippen MR) is 117 cm³/mol. The first kappa shape index (κ1) is 21.8. The SMILES string of the molecule is COc1ccc(S(=O)(=O)N2CCN(C(C)C)C(c3ccccc3C(C)C)C2)cc1. The molecule has 6 heteroatoms. The second-order valence-electron chi connectivity index (χ2n) is 8.17. The molecule has 0 aromatic heterocycles. The fourth-order valence-electron chi connectivity index (χ4n) is 4.12. The minimum Gasteiger partial charge on any atom is -0.497 e. The van der Waals surface area contributed by atoms with Gasteiger partial charge in [0.05, 0.1) is 12.0 Å². The molecule has 0 spiro atoms. The van der Waals surface area contributed by atoms with E-state index in [1.165, 1.54) is 11.1 Å². The van der Waals surface area contributed by atoms with Crippen molar-refractivity contribution in [1.82, 2.24) is 9.21 Å². The lowest BCUT2D eigenvalue weighted by molar-refractivity contribution is 0.0867. The van der Waals surface area contributed by atoms with Crippen LogP contribution in [0.15, 0.2) is 53.4 Å². The zero-order valence-electron chi connectivity index (χ0n) is 18.0. The fraction of sp³-hybridized carbons (Fsp3) is 0.478. The van der Waals surface area contributed by atoms with E-state index in [4.69, 9.17) is 4.74 Å². The van der Waals surface area contributed by atoms with Crippen molar-refractivity contribution in [3.05, 3.63) is 59.7 Å². The summed E-state index contributed by atoms with van der Waals surface area (Å²) in [6.07, 6.45) is 0. The van der Waals surface area contributed by atoms with Gasteiger partial charge in [0.25, 0.3) is 0 Å². The highest BCUT2D eigenvalue weighted by Crippen LogP contribution is 2.34. The Labute approximate surface area is 175 Å². The summed E-state index contributed by atoms with van der Waals surface area (Å²) in [5.41, 5.74) is 2.51. The van der Waals surface area contributed by atoms with Gasteiger partial charge in [0.2, 0.25) is 10.0 Å². The van der Waals surface area contributed by atoms with Crippen molar-refractivity contribution in [1.29, 1.82) is 0 Å². The molecule has 158 valence electrons. The third-order valence-corrected chi connectivity index (χ3v) is 7.60. The Hall–Kier alpha value is -1.89. The molecule has 1 aliphatic heterocycles. The Morgan fingerprint density at radius 2 is 1.62 bits per heavy atom. The van der Waals surface area contributed by atoms with Crippen molar-refractivity contribution in [2.45, 2.75) is 50.6 Å². The summed E-state index contributed by atoms with van der Waals surface area (Å²) in [5.74, 6) is 1.03. The molecule has 1 fully saturated rings. The summed E-state index contributed by atoms with van der Waals surface area (Å²) in [6, 6.07) is 15.4. The van der Waals surface area contributed by atoms with E-state index in [0.29, 0.717) is 42.2 Å². The highest BCUT2D eigenvalue weighted by Gasteiger charge is 2.36. The Kier molecular flexibility index (Phi) is 6.66. The number of benzene rings is 2. The Morgan fingerprint density at radius 3 is 2.21 bits per heavy atom. The van der Waals surface area contributed by atoms with Gasteiger partial charge in [-0.1, -0.05) is 38.1 Å². The Balaban J connectivity index is 1.96. The van der Waals surface area contributed by atoms with Gasteiger partial charge in [0, 0.05) is 31.7 Å². The van der Waals surface area contributed by atoms with Crippen LogP contribution in [-0.2, 0) is 10.0 Å². The maximum Gasteiger partial charge on any atom is 0.243 e. The molecule has 0 saturated carbocycles. The smallest absolute Gasteiger partial charge is 0.243 e. The van der Waals surface area contributed by atoms with Crippen molar-refractivity contribution in [3.63, 3.8) is 0 Å².